The van der Waals surface area contributed by atoms with E-state index in [0.29, 0.717) is 12.5 Å². The van der Waals surface area contributed by atoms with Gasteiger partial charge in [-0.2, -0.15) is 5.10 Å². The van der Waals surface area contributed by atoms with Crippen molar-refractivity contribution in [1.29, 1.82) is 0 Å². The van der Waals surface area contributed by atoms with Gasteiger partial charge in [0.05, 0.1) is 17.4 Å². The minimum absolute atomic E-state index is 0.101. The van der Waals surface area contributed by atoms with E-state index in [1.807, 2.05) is 22.8 Å². The Hall–Kier alpha value is -1.69. The van der Waals surface area contributed by atoms with Crippen molar-refractivity contribution in [1.82, 2.24) is 19.7 Å². The van der Waals surface area contributed by atoms with E-state index >= 15 is 0 Å². The molecule has 0 atom stereocenters. The first-order chi connectivity index (χ1) is 10.5. The summed E-state index contributed by atoms with van der Waals surface area (Å²) in [6.07, 6.45) is 6.52. The van der Waals surface area contributed by atoms with Gasteiger partial charge in [0.2, 0.25) is 0 Å². The first-order valence-electron chi connectivity index (χ1n) is 7.78. The highest BCUT2D eigenvalue weighted by Gasteiger charge is 2.23. The SMILES string of the molecule is CC(C)Cc1ncc(C(=O)N2CCCc3c(cnn3C)C2)s1. The number of aromatic nitrogens is 3. The van der Waals surface area contributed by atoms with Crippen LogP contribution in [0.2, 0.25) is 0 Å². The van der Waals surface area contributed by atoms with E-state index in [4.69, 9.17) is 0 Å². The summed E-state index contributed by atoms with van der Waals surface area (Å²) in [4.78, 5) is 19.8. The summed E-state index contributed by atoms with van der Waals surface area (Å²) in [6, 6.07) is 0. The summed E-state index contributed by atoms with van der Waals surface area (Å²) >= 11 is 1.53. The average molecular weight is 318 g/mol. The van der Waals surface area contributed by atoms with Gasteiger partial charge in [-0.3, -0.25) is 9.48 Å². The lowest BCUT2D eigenvalue weighted by atomic mass is 10.1. The van der Waals surface area contributed by atoms with E-state index in [9.17, 15) is 4.79 Å². The number of rotatable bonds is 3. The van der Waals surface area contributed by atoms with E-state index < -0.39 is 0 Å². The van der Waals surface area contributed by atoms with Crippen molar-refractivity contribution < 1.29 is 4.79 Å². The number of thiazole rings is 1. The smallest absolute Gasteiger partial charge is 0.265 e. The Kier molecular flexibility index (Phi) is 4.29. The second-order valence-corrected chi connectivity index (χ2v) is 7.40. The predicted octanol–water partition coefficient (Wildman–Crippen LogP) is 2.66. The summed E-state index contributed by atoms with van der Waals surface area (Å²) < 4.78 is 1.93. The lowest BCUT2D eigenvalue weighted by molar-refractivity contribution is 0.0750. The van der Waals surface area contributed by atoms with Crippen LogP contribution in [0.4, 0.5) is 0 Å². The van der Waals surface area contributed by atoms with Crippen LogP contribution in [-0.4, -0.2) is 32.1 Å². The Labute approximate surface area is 135 Å². The van der Waals surface area contributed by atoms with Crippen molar-refractivity contribution in [3.63, 3.8) is 0 Å². The van der Waals surface area contributed by atoms with Gasteiger partial charge in [0.25, 0.3) is 5.91 Å². The zero-order valence-electron chi connectivity index (χ0n) is 13.4. The van der Waals surface area contributed by atoms with Gasteiger partial charge in [0.1, 0.15) is 4.88 Å². The number of aryl methyl sites for hydroxylation is 1. The molecule has 2 aromatic heterocycles. The molecule has 0 N–H and O–H groups in total. The number of hydrogen-bond acceptors (Lipinski definition) is 4. The highest BCUT2D eigenvalue weighted by molar-refractivity contribution is 7.13. The molecule has 5 nitrogen and oxygen atoms in total. The zero-order chi connectivity index (χ0) is 15.7. The third-order valence-electron chi connectivity index (χ3n) is 3.99. The highest BCUT2D eigenvalue weighted by atomic mass is 32.1. The Morgan fingerprint density at radius 1 is 1.41 bits per heavy atom. The number of amides is 1. The summed E-state index contributed by atoms with van der Waals surface area (Å²) in [7, 11) is 1.97. The molecule has 1 amide bonds. The van der Waals surface area contributed by atoms with Crippen molar-refractivity contribution in [3.05, 3.63) is 33.5 Å². The normalized spacial score (nSPS) is 15.0. The highest BCUT2D eigenvalue weighted by Crippen LogP contribution is 2.22. The zero-order valence-corrected chi connectivity index (χ0v) is 14.2. The van der Waals surface area contributed by atoms with E-state index in [-0.39, 0.29) is 5.91 Å². The molecule has 22 heavy (non-hydrogen) atoms. The standard InChI is InChI=1S/C16H22N4OS/c1-11(2)7-15-17-9-14(22-15)16(21)20-6-4-5-13-12(10-20)8-18-19(13)3/h8-9,11H,4-7,10H2,1-3H3. The van der Waals surface area contributed by atoms with Crippen molar-refractivity contribution in [2.24, 2.45) is 13.0 Å². The van der Waals surface area contributed by atoms with Crippen molar-refractivity contribution in [3.8, 4) is 0 Å². The predicted molar refractivity (Wildman–Crippen MR) is 86.9 cm³/mol. The van der Waals surface area contributed by atoms with Gasteiger partial charge in [-0.05, 0) is 18.8 Å². The molecule has 3 heterocycles. The number of carbonyl (C=O) groups is 1. The van der Waals surface area contributed by atoms with Crippen LogP contribution in [0.25, 0.3) is 0 Å². The van der Waals surface area contributed by atoms with Gasteiger partial charge >= 0.3 is 0 Å². The van der Waals surface area contributed by atoms with Crippen LogP contribution in [0.3, 0.4) is 0 Å². The molecule has 6 heteroatoms. The van der Waals surface area contributed by atoms with Crippen LogP contribution in [0.15, 0.2) is 12.4 Å². The summed E-state index contributed by atoms with van der Waals surface area (Å²) in [5, 5.41) is 5.36. The number of fused-ring (bicyclic) bond motifs is 1. The fraction of sp³-hybridized carbons (Fsp3) is 0.562. The van der Waals surface area contributed by atoms with Gasteiger partial charge in [0.15, 0.2) is 0 Å². The Bertz CT molecular complexity index is 673. The first kappa shape index (κ1) is 15.2. The van der Waals surface area contributed by atoms with Crippen LogP contribution in [0, 0.1) is 5.92 Å². The van der Waals surface area contributed by atoms with Gasteiger partial charge in [-0.25, -0.2) is 4.98 Å². The van der Waals surface area contributed by atoms with Crippen molar-refractivity contribution >= 4 is 17.2 Å². The molecule has 0 aromatic carbocycles. The van der Waals surface area contributed by atoms with Gasteiger partial charge in [-0.1, -0.05) is 13.8 Å². The number of carbonyl (C=O) groups excluding carboxylic acids is 1. The van der Waals surface area contributed by atoms with Crippen LogP contribution < -0.4 is 0 Å². The fourth-order valence-electron chi connectivity index (χ4n) is 2.87. The third-order valence-corrected chi connectivity index (χ3v) is 4.99. The monoisotopic (exact) mass is 318 g/mol. The second-order valence-electron chi connectivity index (χ2n) is 6.29. The minimum atomic E-state index is 0.101. The average Bonchev–Trinajstić information content (AvgIpc) is 2.98. The second kappa shape index (κ2) is 6.20. The van der Waals surface area contributed by atoms with Crippen LogP contribution in [-0.2, 0) is 26.4 Å². The van der Waals surface area contributed by atoms with Gasteiger partial charge < -0.3 is 4.90 Å². The summed E-state index contributed by atoms with van der Waals surface area (Å²) in [5.74, 6) is 0.662. The molecule has 1 aliphatic rings. The Balaban J connectivity index is 1.76. The van der Waals surface area contributed by atoms with Crippen molar-refractivity contribution in [2.45, 2.75) is 39.7 Å². The molecular weight excluding hydrogens is 296 g/mol. The van der Waals surface area contributed by atoms with Crippen LogP contribution in [0.1, 0.15) is 46.2 Å². The molecule has 3 rings (SSSR count). The largest absolute Gasteiger partial charge is 0.333 e. The molecule has 0 spiro atoms. The molecule has 0 bridgehead atoms. The number of hydrogen-bond donors (Lipinski definition) is 0. The van der Waals surface area contributed by atoms with Gasteiger partial charge in [-0.15, -0.1) is 11.3 Å². The van der Waals surface area contributed by atoms with E-state index in [1.165, 1.54) is 22.6 Å². The fourth-order valence-corrected chi connectivity index (χ4v) is 3.96. The Morgan fingerprint density at radius 2 is 2.23 bits per heavy atom. The molecule has 0 unspecified atom stereocenters. The Morgan fingerprint density at radius 3 is 3.00 bits per heavy atom. The topological polar surface area (TPSA) is 51.0 Å². The third kappa shape index (κ3) is 3.06. The minimum Gasteiger partial charge on any atom is -0.333 e. The number of nitrogens with zero attached hydrogens (tertiary/aromatic N) is 4. The maximum atomic E-state index is 12.7. The van der Waals surface area contributed by atoms with E-state index in [0.717, 1.165) is 35.7 Å². The van der Waals surface area contributed by atoms with E-state index in [1.54, 1.807) is 6.20 Å². The lowest BCUT2D eigenvalue weighted by Gasteiger charge is -2.19. The first-order valence-corrected chi connectivity index (χ1v) is 8.60. The molecule has 0 fully saturated rings. The molecule has 1 aliphatic heterocycles. The molecule has 0 saturated carbocycles. The van der Waals surface area contributed by atoms with Crippen LogP contribution >= 0.6 is 11.3 Å². The molecule has 0 saturated heterocycles. The van der Waals surface area contributed by atoms with Crippen LogP contribution in [0.5, 0.6) is 0 Å². The van der Waals surface area contributed by atoms with Crippen molar-refractivity contribution in [2.75, 3.05) is 6.54 Å². The molecular formula is C16H22N4OS. The quantitative estimate of drug-likeness (QED) is 0.874. The summed E-state index contributed by atoms with van der Waals surface area (Å²) in [6.45, 7) is 5.79. The maximum absolute atomic E-state index is 12.7. The molecule has 118 valence electrons. The summed E-state index contributed by atoms with van der Waals surface area (Å²) in [5.41, 5.74) is 2.42. The molecule has 0 radical (unpaired) electrons. The molecule has 2 aromatic rings. The van der Waals surface area contributed by atoms with Gasteiger partial charge in [0, 0.05) is 37.8 Å². The molecule has 0 aliphatic carbocycles. The maximum Gasteiger partial charge on any atom is 0.265 e. The lowest BCUT2D eigenvalue weighted by Crippen LogP contribution is -2.30. The van der Waals surface area contributed by atoms with E-state index in [2.05, 4.69) is 23.9 Å².